The van der Waals surface area contributed by atoms with Gasteiger partial charge in [-0.05, 0) is 116 Å². The lowest BCUT2D eigenvalue weighted by Crippen LogP contribution is -2.39. The van der Waals surface area contributed by atoms with Gasteiger partial charge >= 0.3 is 0 Å². The third-order valence-corrected chi connectivity index (χ3v) is 9.55. The maximum Gasteiger partial charge on any atom is 0.0789 e. The Hall–Kier alpha value is -1.24. The second-order valence-electron chi connectivity index (χ2n) is 14.6. The van der Waals surface area contributed by atoms with Gasteiger partial charge in [-0.1, -0.05) is 134 Å². The number of nitrogens with two attached hydrogens (primary N) is 1. The van der Waals surface area contributed by atoms with Crippen molar-refractivity contribution in [3.63, 3.8) is 0 Å². The van der Waals surface area contributed by atoms with Crippen molar-refractivity contribution >= 4 is 0 Å². The van der Waals surface area contributed by atoms with Crippen molar-refractivity contribution in [2.24, 2.45) is 11.7 Å². The van der Waals surface area contributed by atoms with Gasteiger partial charge in [0.2, 0.25) is 0 Å². The zero-order valence-corrected chi connectivity index (χ0v) is 33.2. The summed E-state index contributed by atoms with van der Waals surface area (Å²) in [5, 5.41) is 20.7. The van der Waals surface area contributed by atoms with Crippen molar-refractivity contribution in [3.05, 3.63) is 48.6 Å². The lowest BCUT2D eigenvalue weighted by Gasteiger charge is -2.28. The summed E-state index contributed by atoms with van der Waals surface area (Å²) < 4.78 is 0. The molecule has 0 saturated heterocycles. The van der Waals surface area contributed by atoms with Crippen LogP contribution in [0.25, 0.3) is 0 Å². The first-order valence-corrected chi connectivity index (χ1v) is 21.1. The number of unbranched alkanes of at least 4 members (excludes halogenated alkanes) is 13. The van der Waals surface area contributed by atoms with Crippen LogP contribution in [0.3, 0.4) is 0 Å². The Morgan fingerprint density at radius 1 is 0.510 bits per heavy atom. The van der Waals surface area contributed by atoms with Crippen molar-refractivity contribution < 1.29 is 10.2 Å². The van der Waals surface area contributed by atoms with Crippen LogP contribution in [0.2, 0.25) is 0 Å². The molecule has 288 valence electrons. The lowest BCUT2D eigenvalue weighted by molar-refractivity contribution is 0.0963. The molecule has 5 nitrogen and oxygen atoms in total. The second kappa shape index (κ2) is 38.0. The molecule has 0 radical (unpaired) electrons. The third kappa shape index (κ3) is 35.0. The number of hydrogen-bond acceptors (Lipinski definition) is 5. The first-order chi connectivity index (χ1) is 24.0. The maximum atomic E-state index is 10.4. The number of allylic oxidation sites excluding steroid dienone is 8. The van der Waals surface area contributed by atoms with E-state index in [1.807, 2.05) is 0 Å². The van der Waals surface area contributed by atoms with Gasteiger partial charge in [0.15, 0.2) is 0 Å². The summed E-state index contributed by atoms with van der Waals surface area (Å²) in [6, 6.07) is 0. The number of rotatable bonds is 37. The molecular weight excluding hydrogens is 603 g/mol. The second-order valence-corrected chi connectivity index (χ2v) is 14.6. The van der Waals surface area contributed by atoms with Crippen molar-refractivity contribution in [2.45, 2.75) is 181 Å². The zero-order chi connectivity index (χ0) is 36.0. The monoisotopic (exact) mass is 688 g/mol. The molecule has 5 heteroatoms. The normalized spacial score (nSPS) is 14.6. The molecular formula is C44H85N3O2. The van der Waals surface area contributed by atoms with E-state index in [2.05, 4.69) is 86.1 Å². The fourth-order valence-electron chi connectivity index (χ4n) is 6.34. The van der Waals surface area contributed by atoms with Gasteiger partial charge in [-0.3, -0.25) is 0 Å². The van der Waals surface area contributed by atoms with E-state index in [9.17, 15) is 10.2 Å². The highest BCUT2D eigenvalue weighted by molar-refractivity contribution is 4.95. The molecule has 0 bridgehead atoms. The van der Waals surface area contributed by atoms with Gasteiger partial charge in [-0.25, -0.2) is 0 Å². The van der Waals surface area contributed by atoms with Crippen molar-refractivity contribution in [1.29, 1.82) is 0 Å². The van der Waals surface area contributed by atoms with E-state index < -0.39 is 6.10 Å². The highest BCUT2D eigenvalue weighted by Crippen LogP contribution is 2.12. The molecule has 0 aromatic rings. The molecule has 0 amide bonds. The summed E-state index contributed by atoms with van der Waals surface area (Å²) >= 11 is 0. The average Bonchev–Trinajstić information content (AvgIpc) is 3.09. The Balaban J connectivity index is 4.24. The smallest absolute Gasteiger partial charge is 0.0789 e. The lowest BCUT2D eigenvalue weighted by atomic mass is 10.1. The Bertz CT molecular complexity index is 780. The van der Waals surface area contributed by atoms with E-state index in [1.165, 1.54) is 116 Å². The molecule has 0 spiro atoms. The Kier molecular flexibility index (Phi) is 37.0. The molecule has 0 aliphatic carbocycles. The van der Waals surface area contributed by atoms with E-state index in [1.54, 1.807) is 0 Å². The molecule has 3 unspecified atom stereocenters. The van der Waals surface area contributed by atoms with Crippen LogP contribution >= 0.6 is 0 Å². The number of aliphatic hydroxyl groups is 2. The van der Waals surface area contributed by atoms with Gasteiger partial charge in [0, 0.05) is 19.6 Å². The summed E-state index contributed by atoms with van der Waals surface area (Å²) in [5.41, 5.74) is 5.78. The molecule has 4 N–H and O–H groups in total. The van der Waals surface area contributed by atoms with E-state index in [4.69, 9.17) is 5.73 Å². The first-order valence-electron chi connectivity index (χ1n) is 21.1. The fourth-order valence-corrected chi connectivity index (χ4v) is 6.34. The van der Waals surface area contributed by atoms with Crippen LogP contribution in [-0.4, -0.2) is 78.0 Å². The maximum absolute atomic E-state index is 10.4. The van der Waals surface area contributed by atoms with Crippen LogP contribution < -0.4 is 5.73 Å². The SMILES string of the molecule is CCCCC/C=C\C/C=C/CCCCCCCCN(CCCN(CCCCCC/C=C\C/C=C\C(C)CCC)CC(O)CC)CC(O)CN. The van der Waals surface area contributed by atoms with Crippen molar-refractivity contribution in [1.82, 2.24) is 9.80 Å². The van der Waals surface area contributed by atoms with E-state index in [0.717, 1.165) is 58.4 Å². The van der Waals surface area contributed by atoms with Crippen LogP contribution in [0.15, 0.2) is 48.6 Å². The predicted molar refractivity (Wildman–Crippen MR) is 218 cm³/mol. The van der Waals surface area contributed by atoms with Crippen molar-refractivity contribution in [3.8, 4) is 0 Å². The molecule has 0 aromatic carbocycles. The zero-order valence-electron chi connectivity index (χ0n) is 33.2. The van der Waals surface area contributed by atoms with Crippen LogP contribution in [0.4, 0.5) is 0 Å². The highest BCUT2D eigenvalue weighted by Gasteiger charge is 2.13. The summed E-state index contributed by atoms with van der Waals surface area (Å²) in [4.78, 5) is 4.89. The molecule has 0 aliphatic rings. The van der Waals surface area contributed by atoms with E-state index in [0.29, 0.717) is 19.0 Å². The highest BCUT2D eigenvalue weighted by atomic mass is 16.3. The fraction of sp³-hybridized carbons (Fsp3) is 0.818. The Labute approximate surface area is 306 Å². The third-order valence-electron chi connectivity index (χ3n) is 9.55. The number of aliphatic hydroxyl groups excluding tert-OH is 2. The first kappa shape index (κ1) is 47.8. The molecule has 49 heavy (non-hydrogen) atoms. The van der Waals surface area contributed by atoms with Gasteiger partial charge in [0.05, 0.1) is 12.2 Å². The molecule has 0 aromatic heterocycles. The van der Waals surface area contributed by atoms with Gasteiger partial charge in [-0.15, -0.1) is 0 Å². The van der Waals surface area contributed by atoms with Gasteiger partial charge in [0.1, 0.15) is 0 Å². The summed E-state index contributed by atoms with van der Waals surface area (Å²) in [6.45, 7) is 14.7. The molecule has 3 atom stereocenters. The largest absolute Gasteiger partial charge is 0.392 e. The van der Waals surface area contributed by atoms with Crippen LogP contribution in [0, 0.1) is 5.92 Å². The number of hydrogen-bond donors (Lipinski definition) is 3. The quantitative estimate of drug-likeness (QED) is 0.0448. The molecule has 0 aliphatic heterocycles. The summed E-state index contributed by atoms with van der Waals surface area (Å²) in [7, 11) is 0. The summed E-state index contributed by atoms with van der Waals surface area (Å²) in [6.07, 6.45) is 44.7. The van der Waals surface area contributed by atoms with E-state index >= 15 is 0 Å². The van der Waals surface area contributed by atoms with Gasteiger partial charge < -0.3 is 25.7 Å². The minimum atomic E-state index is -0.455. The van der Waals surface area contributed by atoms with Crippen LogP contribution in [-0.2, 0) is 0 Å². The van der Waals surface area contributed by atoms with Gasteiger partial charge in [-0.2, -0.15) is 0 Å². The average molecular weight is 688 g/mol. The molecule has 0 rings (SSSR count). The van der Waals surface area contributed by atoms with Crippen LogP contribution in [0.5, 0.6) is 0 Å². The topological polar surface area (TPSA) is 73.0 Å². The predicted octanol–water partition coefficient (Wildman–Crippen LogP) is 10.8. The Morgan fingerprint density at radius 2 is 0.959 bits per heavy atom. The van der Waals surface area contributed by atoms with E-state index in [-0.39, 0.29) is 6.10 Å². The molecule has 0 heterocycles. The minimum Gasteiger partial charge on any atom is -0.392 e. The standard InChI is InChI=1S/C44H85N3O2/c1-5-8-9-10-11-12-13-14-15-16-17-18-21-24-28-31-36-47(41-44(49)39-45)38-32-37-46(40-43(48)7-3)35-30-27-25-22-19-20-23-26-29-34-42(4)33-6-2/h11-12,14-15,20,23,29,34,42-44,48-49H,5-10,13,16-19,21-22,24-28,30-33,35-41,45H2,1-4H3/b12-11-,15-14+,23-20-,34-29-. The number of nitrogens with zero attached hydrogens (tertiary/aromatic N) is 2. The van der Waals surface area contributed by atoms with Crippen molar-refractivity contribution in [2.75, 3.05) is 45.8 Å². The minimum absolute atomic E-state index is 0.252. The summed E-state index contributed by atoms with van der Waals surface area (Å²) in [5.74, 6) is 0.699. The molecule has 0 fully saturated rings. The van der Waals surface area contributed by atoms with Gasteiger partial charge in [0.25, 0.3) is 0 Å². The van der Waals surface area contributed by atoms with Crippen LogP contribution in [0.1, 0.15) is 169 Å². The Morgan fingerprint density at radius 3 is 1.45 bits per heavy atom. The molecule has 0 saturated carbocycles.